The lowest BCUT2D eigenvalue weighted by Crippen LogP contribution is -2.21. The first kappa shape index (κ1) is 11.7. The zero-order valence-corrected chi connectivity index (χ0v) is 10.5. The van der Waals surface area contributed by atoms with E-state index in [1.54, 1.807) is 31.4 Å². The van der Waals surface area contributed by atoms with Crippen molar-refractivity contribution in [2.75, 3.05) is 7.11 Å². The SMILES string of the molecule is COc1cccc(-n2ncc(O)c(Br)c2=O)c1. The van der Waals surface area contributed by atoms with Crippen LogP contribution >= 0.6 is 15.9 Å². The lowest BCUT2D eigenvalue weighted by Gasteiger charge is -2.07. The first-order valence-electron chi connectivity index (χ1n) is 4.74. The normalized spacial score (nSPS) is 10.2. The molecule has 2 rings (SSSR count). The van der Waals surface area contributed by atoms with Crippen molar-refractivity contribution in [2.45, 2.75) is 0 Å². The van der Waals surface area contributed by atoms with Gasteiger partial charge in [0, 0.05) is 6.07 Å². The van der Waals surface area contributed by atoms with Crippen LogP contribution in [0.4, 0.5) is 0 Å². The highest BCUT2D eigenvalue weighted by Gasteiger charge is 2.09. The molecule has 0 aliphatic carbocycles. The van der Waals surface area contributed by atoms with E-state index < -0.39 is 5.56 Å². The second-order valence-electron chi connectivity index (χ2n) is 3.26. The van der Waals surface area contributed by atoms with Crippen molar-refractivity contribution in [1.82, 2.24) is 9.78 Å². The zero-order chi connectivity index (χ0) is 12.4. The van der Waals surface area contributed by atoms with Crippen LogP contribution in [0.3, 0.4) is 0 Å². The number of aromatic hydroxyl groups is 1. The molecule has 0 radical (unpaired) electrons. The number of aromatic nitrogens is 2. The molecule has 0 atom stereocenters. The maximum atomic E-state index is 11.8. The molecule has 0 aliphatic heterocycles. The minimum absolute atomic E-state index is 0.0790. The highest BCUT2D eigenvalue weighted by molar-refractivity contribution is 9.10. The number of hydrogen-bond donors (Lipinski definition) is 1. The van der Waals surface area contributed by atoms with E-state index in [1.807, 2.05) is 0 Å². The highest BCUT2D eigenvalue weighted by atomic mass is 79.9. The fourth-order valence-corrected chi connectivity index (χ4v) is 1.62. The van der Waals surface area contributed by atoms with E-state index in [4.69, 9.17) is 4.74 Å². The van der Waals surface area contributed by atoms with E-state index in [0.717, 1.165) is 0 Å². The van der Waals surface area contributed by atoms with Gasteiger partial charge < -0.3 is 9.84 Å². The van der Waals surface area contributed by atoms with Gasteiger partial charge in [-0.1, -0.05) is 6.07 Å². The van der Waals surface area contributed by atoms with Crippen molar-refractivity contribution in [3.63, 3.8) is 0 Å². The number of nitrogens with zero attached hydrogens (tertiary/aromatic N) is 2. The van der Waals surface area contributed by atoms with Crippen LogP contribution in [-0.2, 0) is 0 Å². The van der Waals surface area contributed by atoms with E-state index in [-0.39, 0.29) is 10.2 Å². The molecule has 1 aromatic heterocycles. The van der Waals surface area contributed by atoms with Gasteiger partial charge in [-0.05, 0) is 28.1 Å². The molecule has 5 nitrogen and oxygen atoms in total. The molecule has 0 aliphatic rings. The summed E-state index contributed by atoms with van der Waals surface area (Å²) in [5.74, 6) is 0.439. The minimum atomic E-state index is -0.432. The Kier molecular flexibility index (Phi) is 3.14. The van der Waals surface area contributed by atoms with Crippen molar-refractivity contribution < 1.29 is 9.84 Å². The molecule has 0 bridgehead atoms. The number of halogens is 1. The lowest BCUT2D eigenvalue weighted by molar-refractivity contribution is 0.414. The number of rotatable bonds is 2. The van der Waals surface area contributed by atoms with E-state index in [0.29, 0.717) is 11.4 Å². The van der Waals surface area contributed by atoms with Crippen molar-refractivity contribution in [3.05, 3.63) is 45.3 Å². The summed E-state index contributed by atoms with van der Waals surface area (Å²) in [5.41, 5.74) is 0.133. The summed E-state index contributed by atoms with van der Waals surface area (Å²) in [6, 6.07) is 6.92. The minimum Gasteiger partial charge on any atom is -0.505 e. The van der Waals surface area contributed by atoms with E-state index in [1.165, 1.54) is 10.9 Å². The molecule has 1 aromatic carbocycles. The Morgan fingerprint density at radius 2 is 2.24 bits per heavy atom. The molecule has 6 heteroatoms. The van der Waals surface area contributed by atoms with Crippen LogP contribution in [0.5, 0.6) is 11.5 Å². The molecule has 0 saturated heterocycles. The molecule has 1 N–H and O–H groups in total. The second-order valence-corrected chi connectivity index (χ2v) is 4.06. The van der Waals surface area contributed by atoms with Gasteiger partial charge in [-0.25, -0.2) is 0 Å². The van der Waals surface area contributed by atoms with E-state index >= 15 is 0 Å². The summed E-state index contributed by atoms with van der Waals surface area (Å²) in [4.78, 5) is 11.8. The van der Waals surface area contributed by atoms with Gasteiger partial charge in [-0.2, -0.15) is 9.78 Å². The fourth-order valence-electron chi connectivity index (χ4n) is 1.35. The van der Waals surface area contributed by atoms with Crippen LogP contribution in [0.15, 0.2) is 39.7 Å². The summed E-state index contributed by atoms with van der Waals surface area (Å²) in [6.45, 7) is 0. The molecule has 88 valence electrons. The van der Waals surface area contributed by atoms with Gasteiger partial charge in [0.2, 0.25) is 0 Å². The highest BCUT2D eigenvalue weighted by Crippen LogP contribution is 2.19. The predicted molar refractivity (Wildman–Crippen MR) is 65.8 cm³/mol. The van der Waals surface area contributed by atoms with Gasteiger partial charge in [0.25, 0.3) is 5.56 Å². The molecule has 0 fully saturated rings. The van der Waals surface area contributed by atoms with Gasteiger partial charge in [0.15, 0.2) is 5.75 Å². The van der Waals surface area contributed by atoms with Gasteiger partial charge in [-0.3, -0.25) is 4.79 Å². The van der Waals surface area contributed by atoms with E-state index in [2.05, 4.69) is 21.0 Å². The fraction of sp³-hybridized carbons (Fsp3) is 0.0909. The summed E-state index contributed by atoms with van der Waals surface area (Å²) in [5, 5.41) is 13.2. The number of hydrogen-bond acceptors (Lipinski definition) is 4. The van der Waals surface area contributed by atoms with Crippen LogP contribution < -0.4 is 10.3 Å². The summed E-state index contributed by atoms with van der Waals surface area (Å²) in [6.07, 6.45) is 1.20. The van der Waals surface area contributed by atoms with Gasteiger partial charge in [-0.15, -0.1) is 0 Å². The Hall–Kier alpha value is -1.82. The van der Waals surface area contributed by atoms with Crippen LogP contribution in [0.25, 0.3) is 5.69 Å². The second kappa shape index (κ2) is 4.58. The number of methoxy groups -OCH3 is 1. The molecule has 0 spiro atoms. The molecular formula is C11H9BrN2O3. The average Bonchev–Trinajstić information content (AvgIpc) is 2.36. The molecular weight excluding hydrogens is 288 g/mol. The quantitative estimate of drug-likeness (QED) is 0.916. The molecule has 17 heavy (non-hydrogen) atoms. The third-order valence-corrected chi connectivity index (χ3v) is 2.94. The Morgan fingerprint density at radius 1 is 1.47 bits per heavy atom. The first-order chi connectivity index (χ1) is 8.13. The van der Waals surface area contributed by atoms with Crippen LogP contribution in [0.1, 0.15) is 0 Å². The molecule has 0 amide bonds. The van der Waals surface area contributed by atoms with Crippen molar-refractivity contribution >= 4 is 15.9 Å². The Bertz CT molecular complexity index is 610. The van der Waals surface area contributed by atoms with Crippen molar-refractivity contribution in [1.29, 1.82) is 0 Å². The summed E-state index contributed by atoms with van der Waals surface area (Å²) >= 11 is 3.01. The van der Waals surface area contributed by atoms with Gasteiger partial charge in [0.1, 0.15) is 10.2 Å². The smallest absolute Gasteiger partial charge is 0.289 e. The zero-order valence-electron chi connectivity index (χ0n) is 8.92. The third-order valence-electron chi connectivity index (χ3n) is 2.20. The average molecular weight is 297 g/mol. The van der Waals surface area contributed by atoms with Crippen LogP contribution in [-0.4, -0.2) is 22.0 Å². The van der Waals surface area contributed by atoms with Crippen molar-refractivity contribution in [2.24, 2.45) is 0 Å². The largest absolute Gasteiger partial charge is 0.505 e. The first-order valence-corrected chi connectivity index (χ1v) is 5.54. The van der Waals surface area contributed by atoms with Gasteiger partial charge in [0.05, 0.1) is 19.0 Å². The molecule has 1 heterocycles. The third kappa shape index (κ3) is 2.16. The molecule has 0 saturated carbocycles. The topological polar surface area (TPSA) is 64.3 Å². The molecule has 2 aromatic rings. The maximum Gasteiger partial charge on any atom is 0.289 e. The number of benzene rings is 1. The Balaban J connectivity index is 2.61. The monoisotopic (exact) mass is 296 g/mol. The van der Waals surface area contributed by atoms with Crippen LogP contribution in [0, 0.1) is 0 Å². The lowest BCUT2D eigenvalue weighted by atomic mass is 10.3. The summed E-state index contributed by atoms with van der Waals surface area (Å²) < 4.78 is 6.32. The number of ether oxygens (including phenoxy) is 1. The maximum absolute atomic E-state index is 11.8. The van der Waals surface area contributed by atoms with Crippen molar-refractivity contribution in [3.8, 4) is 17.2 Å². The van der Waals surface area contributed by atoms with Gasteiger partial charge >= 0.3 is 0 Å². The van der Waals surface area contributed by atoms with Crippen LogP contribution in [0.2, 0.25) is 0 Å². The molecule has 0 unspecified atom stereocenters. The standard InChI is InChI=1S/C11H9BrN2O3/c1-17-8-4-2-3-7(5-8)14-11(16)10(12)9(15)6-13-14/h2-6,15H,1H3. The Labute approximate surface area is 105 Å². The van der Waals surface area contributed by atoms with E-state index in [9.17, 15) is 9.90 Å². The summed E-state index contributed by atoms with van der Waals surface area (Å²) in [7, 11) is 1.54. The Morgan fingerprint density at radius 3 is 2.94 bits per heavy atom. The predicted octanol–water partition coefficient (Wildman–Crippen LogP) is 1.71.